The highest BCUT2D eigenvalue weighted by Crippen LogP contribution is 2.23. The number of nitrogens with one attached hydrogen (secondary N) is 1. The van der Waals surface area contributed by atoms with Gasteiger partial charge in [0.25, 0.3) is 5.91 Å². The highest BCUT2D eigenvalue weighted by Gasteiger charge is 2.11. The number of carbonyl (C=O) groups excluding carboxylic acids is 1. The SMILES string of the molecule is Cc1nc(C(=O)Nc2cc(C#CCO)ccc2Cl)cs1. The number of aliphatic hydroxyl groups excluding tert-OH is 1. The first-order chi connectivity index (χ1) is 9.60. The van der Waals surface area contributed by atoms with Crippen molar-refractivity contribution in [2.24, 2.45) is 0 Å². The third kappa shape index (κ3) is 3.58. The molecular weight excluding hydrogens is 296 g/mol. The van der Waals surface area contributed by atoms with Crippen LogP contribution in [-0.2, 0) is 0 Å². The maximum atomic E-state index is 12.0. The Kier molecular flexibility index (Phi) is 4.74. The average Bonchev–Trinajstić information content (AvgIpc) is 2.86. The number of carbonyl (C=O) groups is 1. The van der Waals surface area contributed by atoms with Gasteiger partial charge in [-0.1, -0.05) is 23.4 Å². The summed E-state index contributed by atoms with van der Waals surface area (Å²) in [6.45, 7) is 1.61. The Morgan fingerprint density at radius 2 is 2.35 bits per heavy atom. The monoisotopic (exact) mass is 306 g/mol. The molecule has 1 heterocycles. The van der Waals surface area contributed by atoms with Crippen molar-refractivity contribution >= 4 is 34.5 Å². The largest absolute Gasteiger partial charge is 0.384 e. The molecule has 0 saturated heterocycles. The summed E-state index contributed by atoms with van der Waals surface area (Å²) in [4.78, 5) is 16.1. The van der Waals surface area contributed by atoms with E-state index in [2.05, 4.69) is 22.1 Å². The summed E-state index contributed by atoms with van der Waals surface area (Å²) in [7, 11) is 0. The summed E-state index contributed by atoms with van der Waals surface area (Å²) in [5, 5.41) is 14.3. The van der Waals surface area contributed by atoms with E-state index in [0.717, 1.165) is 5.01 Å². The molecule has 0 fully saturated rings. The van der Waals surface area contributed by atoms with Gasteiger partial charge in [-0.05, 0) is 25.1 Å². The quantitative estimate of drug-likeness (QED) is 0.839. The predicted molar refractivity (Wildman–Crippen MR) is 80.2 cm³/mol. The third-order valence-electron chi connectivity index (χ3n) is 2.38. The van der Waals surface area contributed by atoms with E-state index in [-0.39, 0.29) is 12.5 Å². The molecular formula is C14H11ClN2O2S. The number of aryl methyl sites for hydroxylation is 1. The van der Waals surface area contributed by atoms with Crippen LogP contribution in [-0.4, -0.2) is 22.6 Å². The van der Waals surface area contributed by atoms with Crippen molar-refractivity contribution in [2.75, 3.05) is 11.9 Å². The summed E-state index contributed by atoms with van der Waals surface area (Å²) in [5.74, 6) is 4.98. The molecule has 0 atom stereocenters. The fraction of sp³-hybridized carbons (Fsp3) is 0.143. The molecule has 2 rings (SSSR count). The van der Waals surface area contributed by atoms with E-state index < -0.39 is 0 Å². The van der Waals surface area contributed by atoms with Crippen LogP contribution >= 0.6 is 22.9 Å². The summed E-state index contributed by atoms with van der Waals surface area (Å²) in [6, 6.07) is 5.01. The van der Waals surface area contributed by atoms with E-state index in [9.17, 15) is 4.79 Å². The van der Waals surface area contributed by atoms with E-state index in [0.29, 0.717) is 22.0 Å². The van der Waals surface area contributed by atoms with Crippen LogP contribution in [0.3, 0.4) is 0 Å². The lowest BCUT2D eigenvalue weighted by Gasteiger charge is -2.06. The van der Waals surface area contributed by atoms with Gasteiger partial charge in [-0.25, -0.2) is 4.98 Å². The zero-order valence-corrected chi connectivity index (χ0v) is 12.2. The van der Waals surface area contributed by atoms with Crippen LogP contribution in [0.25, 0.3) is 0 Å². The Labute approximate surface area is 125 Å². The first kappa shape index (κ1) is 14.5. The Hall–Kier alpha value is -1.87. The molecule has 2 N–H and O–H groups in total. The van der Waals surface area contributed by atoms with Crippen molar-refractivity contribution in [3.8, 4) is 11.8 Å². The smallest absolute Gasteiger partial charge is 0.275 e. The summed E-state index contributed by atoms with van der Waals surface area (Å²) in [6.07, 6.45) is 0. The topological polar surface area (TPSA) is 62.2 Å². The number of halogens is 1. The number of hydrogen-bond acceptors (Lipinski definition) is 4. The number of nitrogens with zero attached hydrogens (tertiary/aromatic N) is 1. The molecule has 0 aliphatic heterocycles. The predicted octanol–water partition coefficient (Wildman–Crippen LogP) is 2.70. The number of thiazole rings is 1. The molecule has 0 spiro atoms. The van der Waals surface area contributed by atoms with Crippen LogP contribution in [0.15, 0.2) is 23.6 Å². The summed E-state index contributed by atoms with van der Waals surface area (Å²) in [5.41, 5.74) is 1.48. The number of benzene rings is 1. The molecule has 0 bridgehead atoms. The van der Waals surface area contributed by atoms with E-state index in [1.54, 1.807) is 23.6 Å². The van der Waals surface area contributed by atoms with Gasteiger partial charge in [0.15, 0.2) is 0 Å². The fourth-order valence-corrected chi connectivity index (χ4v) is 2.25. The van der Waals surface area contributed by atoms with Crippen molar-refractivity contribution in [1.29, 1.82) is 0 Å². The third-order valence-corrected chi connectivity index (χ3v) is 3.48. The van der Waals surface area contributed by atoms with Gasteiger partial charge in [-0.3, -0.25) is 4.79 Å². The van der Waals surface area contributed by atoms with Gasteiger partial charge in [0.05, 0.1) is 15.7 Å². The average molecular weight is 307 g/mol. The highest BCUT2D eigenvalue weighted by molar-refractivity contribution is 7.09. The number of aromatic nitrogens is 1. The van der Waals surface area contributed by atoms with E-state index in [4.69, 9.17) is 16.7 Å². The van der Waals surface area contributed by atoms with Gasteiger partial charge < -0.3 is 10.4 Å². The number of aliphatic hydroxyl groups is 1. The van der Waals surface area contributed by atoms with Crippen LogP contribution in [0, 0.1) is 18.8 Å². The molecule has 4 nitrogen and oxygen atoms in total. The number of rotatable bonds is 2. The first-order valence-corrected chi connectivity index (χ1v) is 6.98. The van der Waals surface area contributed by atoms with Crippen LogP contribution < -0.4 is 5.32 Å². The molecule has 0 aliphatic rings. The maximum absolute atomic E-state index is 12.0. The van der Waals surface area contributed by atoms with E-state index in [1.807, 2.05) is 6.92 Å². The molecule has 20 heavy (non-hydrogen) atoms. The fourth-order valence-electron chi connectivity index (χ4n) is 1.49. The Morgan fingerprint density at radius 3 is 3.00 bits per heavy atom. The lowest BCUT2D eigenvalue weighted by atomic mass is 10.2. The van der Waals surface area contributed by atoms with Crippen LogP contribution in [0.2, 0.25) is 5.02 Å². The van der Waals surface area contributed by atoms with Crippen LogP contribution in [0.4, 0.5) is 5.69 Å². The minimum absolute atomic E-state index is 0.220. The second-order valence-corrected chi connectivity index (χ2v) is 5.33. The van der Waals surface area contributed by atoms with Crippen molar-refractivity contribution in [2.45, 2.75) is 6.92 Å². The first-order valence-electron chi connectivity index (χ1n) is 5.73. The van der Waals surface area contributed by atoms with Crippen LogP contribution in [0.1, 0.15) is 21.1 Å². The molecule has 2 aromatic rings. The molecule has 0 radical (unpaired) electrons. The molecule has 6 heteroatoms. The molecule has 1 aromatic heterocycles. The van der Waals surface area contributed by atoms with Gasteiger partial charge in [0.1, 0.15) is 12.3 Å². The molecule has 0 aliphatic carbocycles. The normalized spacial score (nSPS) is 9.75. The molecule has 1 aromatic carbocycles. The second-order valence-electron chi connectivity index (χ2n) is 3.86. The van der Waals surface area contributed by atoms with Gasteiger partial charge >= 0.3 is 0 Å². The van der Waals surface area contributed by atoms with E-state index >= 15 is 0 Å². The van der Waals surface area contributed by atoms with Gasteiger partial charge in [0.2, 0.25) is 0 Å². The lowest BCUT2D eigenvalue weighted by Crippen LogP contribution is -2.12. The minimum atomic E-state index is -0.316. The van der Waals surface area contributed by atoms with Gasteiger partial charge in [-0.2, -0.15) is 0 Å². The molecule has 102 valence electrons. The maximum Gasteiger partial charge on any atom is 0.275 e. The Bertz CT molecular complexity index is 701. The van der Waals surface area contributed by atoms with Crippen molar-refractivity contribution in [3.05, 3.63) is 44.9 Å². The number of hydrogen-bond donors (Lipinski definition) is 2. The molecule has 0 unspecified atom stereocenters. The highest BCUT2D eigenvalue weighted by atomic mass is 35.5. The van der Waals surface area contributed by atoms with Crippen LogP contribution in [0.5, 0.6) is 0 Å². The van der Waals surface area contributed by atoms with Crippen molar-refractivity contribution < 1.29 is 9.90 Å². The van der Waals surface area contributed by atoms with Gasteiger partial charge in [-0.15, -0.1) is 11.3 Å². The van der Waals surface area contributed by atoms with E-state index in [1.165, 1.54) is 11.3 Å². The zero-order valence-electron chi connectivity index (χ0n) is 10.6. The van der Waals surface area contributed by atoms with Crippen molar-refractivity contribution in [3.63, 3.8) is 0 Å². The minimum Gasteiger partial charge on any atom is -0.384 e. The summed E-state index contributed by atoms with van der Waals surface area (Å²) >= 11 is 7.44. The molecule has 0 saturated carbocycles. The standard InChI is InChI=1S/C14H11ClN2O2S/c1-9-16-13(8-20-9)14(19)17-12-7-10(3-2-6-18)4-5-11(12)15/h4-5,7-8,18H,6H2,1H3,(H,17,19). The molecule has 1 amide bonds. The summed E-state index contributed by atoms with van der Waals surface area (Å²) < 4.78 is 0. The Morgan fingerprint density at radius 1 is 1.55 bits per heavy atom. The Balaban J connectivity index is 2.22. The number of amides is 1. The van der Waals surface area contributed by atoms with Crippen molar-refractivity contribution in [1.82, 2.24) is 4.98 Å². The van der Waals surface area contributed by atoms with Gasteiger partial charge in [0, 0.05) is 10.9 Å². The second kappa shape index (κ2) is 6.53. The number of anilines is 1. The lowest BCUT2D eigenvalue weighted by molar-refractivity contribution is 0.102. The zero-order chi connectivity index (χ0) is 14.5.